The molecule has 1 aromatic carbocycles. The highest BCUT2D eigenvalue weighted by atomic mass is 35.5. The molecule has 3 aromatic heterocycles. The Balaban J connectivity index is 1.82. The van der Waals surface area contributed by atoms with E-state index in [1.807, 2.05) is 33.2 Å². The Bertz CT molecular complexity index is 1150. The van der Waals surface area contributed by atoms with E-state index in [1.54, 1.807) is 40.0 Å². The quantitative estimate of drug-likeness (QED) is 0.472. The van der Waals surface area contributed by atoms with Crippen molar-refractivity contribution >= 4 is 23.2 Å². The van der Waals surface area contributed by atoms with Gasteiger partial charge in [0.25, 0.3) is 0 Å². The van der Waals surface area contributed by atoms with Crippen LogP contribution in [0.5, 0.6) is 5.88 Å². The van der Waals surface area contributed by atoms with Gasteiger partial charge in [-0.1, -0.05) is 23.2 Å². The summed E-state index contributed by atoms with van der Waals surface area (Å²) in [5.74, 6) is 1.39. The summed E-state index contributed by atoms with van der Waals surface area (Å²) < 4.78 is 8.89. The molecule has 0 spiro atoms. The molecule has 0 N–H and O–H groups in total. The maximum Gasteiger partial charge on any atom is 0.232 e. The first kappa shape index (κ1) is 19.4. The molecule has 0 bridgehead atoms. The zero-order valence-electron chi connectivity index (χ0n) is 15.9. The fraction of sp³-hybridized carbons (Fsp3) is 0.211. The van der Waals surface area contributed by atoms with Gasteiger partial charge in [-0.25, -0.2) is 19.6 Å². The van der Waals surface area contributed by atoms with Crippen molar-refractivity contribution in [2.75, 3.05) is 0 Å². The lowest BCUT2D eigenvalue weighted by Gasteiger charge is -2.09. The lowest BCUT2D eigenvalue weighted by atomic mass is 10.3. The van der Waals surface area contributed by atoms with Gasteiger partial charge in [0, 0.05) is 13.2 Å². The SMILES string of the molecule is CC(C)Oc1cnc(-c2nc(-c3ccn(C)n3)nn2-c2ccc(Cl)c(Cl)c2)cn1. The highest BCUT2D eigenvalue weighted by Crippen LogP contribution is 2.28. The van der Waals surface area contributed by atoms with E-state index < -0.39 is 0 Å². The van der Waals surface area contributed by atoms with Crippen molar-refractivity contribution in [3.63, 3.8) is 0 Å². The van der Waals surface area contributed by atoms with Gasteiger partial charge >= 0.3 is 0 Å². The summed E-state index contributed by atoms with van der Waals surface area (Å²) >= 11 is 12.3. The molecule has 0 aliphatic heterocycles. The number of rotatable bonds is 5. The van der Waals surface area contributed by atoms with Crippen molar-refractivity contribution in [3.05, 3.63) is 52.9 Å². The van der Waals surface area contributed by atoms with Crippen LogP contribution in [0.4, 0.5) is 0 Å². The van der Waals surface area contributed by atoms with Gasteiger partial charge in [-0.15, -0.1) is 5.10 Å². The molecule has 148 valence electrons. The number of hydrogen-bond acceptors (Lipinski definition) is 6. The fourth-order valence-electron chi connectivity index (χ4n) is 2.65. The Morgan fingerprint density at radius 3 is 2.41 bits per heavy atom. The molecule has 0 radical (unpaired) electrons. The van der Waals surface area contributed by atoms with Crippen LogP contribution in [0.1, 0.15) is 13.8 Å². The van der Waals surface area contributed by atoms with Crippen LogP contribution in [0.15, 0.2) is 42.9 Å². The number of benzene rings is 1. The van der Waals surface area contributed by atoms with E-state index in [4.69, 9.17) is 27.9 Å². The second-order valence-corrected chi connectivity index (χ2v) is 7.36. The van der Waals surface area contributed by atoms with Crippen molar-refractivity contribution in [1.29, 1.82) is 0 Å². The average molecular weight is 430 g/mol. The zero-order valence-corrected chi connectivity index (χ0v) is 17.4. The number of halogens is 2. The molecule has 0 atom stereocenters. The van der Waals surface area contributed by atoms with E-state index in [9.17, 15) is 0 Å². The van der Waals surface area contributed by atoms with Crippen LogP contribution in [-0.2, 0) is 7.05 Å². The van der Waals surface area contributed by atoms with Crippen LogP contribution in [0, 0.1) is 0 Å². The third-order valence-electron chi connectivity index (χ3n) is 3.91. The van der Waals surface area contributed by atoms with E-state index in [1.165, 1.54) is 0 Å². The minimum absolute atomic E-state index is 0.00534. The molecule has 0 saturated carbocycles. The summed E-state index contributed by atoms with van der Waals surface area (Å²) in [6, 6.07) is 7.06. The highest BCUT2D eigenvalue weighted by molar-refractivity contribution is 6.42. The number of hydrogen-bond donors (Lipinski definition) is 0. The first-order valence-electron chi connectivity index (χ1n) is 8.82. The number of aryl methyl sites for hydroxylation is 1. The van der Waals surface area contributed by atoms with Crippen molar-refractivity contribution in [2.45, 2.75) is 20.0 Å². The van der Waals surface area contributed by atoms with E-state index in [-0.39, 0.29) is 6.10 Å². The van der Waals surface area contributed by atoms with Crippen molar-refractivity contribution in [2.24, 2.45) is 7.05 Å². The monoisotopic (exact) mass is 429 g/mol. The lowest BCUT2D eigenvalue weighted by Crippen LogP contribution is -2.07. The summed E-state index contributed by atoms with van der Waals surface area (Å²) in [5.41, 5.74) is 1.86. The smallest absolute Gasteiger partial charge is 0.232 e. The molecule has 0 amide bonds. The lowest BCUT2D eigenvalue weighted by molar-refractivity contribution is 0.231. The van der Waals surface area contributed by atoms with Crippen LogP contribution >= 0.6 is 23.2 Å². The maximum atomic E-state index is 6.20. The Hall–Kier alpha value is -2.97. The summed E-state index contributed by atoms with van der Waals surface area (Å²) in [4.78, 5) is 13.4. The van der Waals surface area contributed by atoms with Crippen LogP contribution in [0.25, 0.3) is 28.7 Å². The van der Waals surface area contributed by atoms with Crippen LogP contribution < -0.4 is 4.74 Å². The summed E-state index contributed by atoms with van der Waals surface area (Å²) in [6.07, 6.45) is 4.99. The molecule has 0 aliphatic rings. The van der Waals surface area contributed by atoms with Crippen molar-refractivity contribution in [3.8, 4) is 34.6 Å². The minimum atomic E-state index is 0.00534. The molecule has 0 fully saturated rings. The Labute approximate surface area is 177 Å². The van der Waals surface area contributed by atoms with Crippen LogP contribution in [0.2, 0.25) is 10.0 Å². The van der Waals surface area contributed by atoms with Gasteiger partial charge in [0.15, 0.2) is 5.82 Å². The second kappa shape index (κ2) is 7.81. The van der Waals surface area contributed by atoms with E-state index in [0.717, 1.165) is 0 Å². The fourth-order valence-corrected chi connectivity index (χ4v) is 2.94. The molecule has 8 nitrogen and oxygen atoms in total. The van der Waals surface area contributed by atoms with E-state index >= 15 is 0 Å². The second-order valence-electron chi connectivity index (χ2n) is 6.55. The maximum absolute atomic E-state index is 6.20. The summed E-state index contributed by atoms with van der Waals surface area (Å²) in [7, 11) is 1.83. The third-order valence-corrected chi connectivity index (χ3v) is 4.65. The van der Waals surface area contributed by atoms with Crippen LogP contribution in [-0.4, -0.2) is 40.6 Å². The molecule has 0 aliphatic carbocycles. The normalized spacial score (nSPS) is 11.2. The minimum Gasteiger partial charge on any atom is -0.474 e. The molecule has 3 heterocycles. The van der Waals surface area contributed by atoms with Gasteiger partial charge in [0.05, 0.1) is 34.2 Å². The summed E-state index contributed by atoms with van der Waals surface area (Å²) in [6.45, 7) is 3.85. The predicted octanol–water partition coefficient (Wildman–Crippen LogP) is 4.22. The Morgan fingerprint density at radius 1 is 0.966 bits per heavy atom. The molecule has 4 aromatic rings. The van der Waals surface area contributed by atoms with Crippen molar-refractivity contribution < 1.29 is 4.74 Å². The average Bonchev–Trinajstić information content (AvgIpc) is 3.31. The van der Waals surface area contributed by atoms with Gasteiger partial charge in [-0.05, 0) is 38.1 Å². The Kier molecular flexibility index (Phi) is 5.21. The topological polar surface area (TPSA) is 83.5 Å². The number of ether oxygens (including phenoxy) is 1. The standard InChI is InChI=1S/C19H17Cl2N7O/c1-11(2)29-17-10-22-16(9-23-17)19-24-18(15-6-7-27(3)25-15)26-28(19)12-4-5-13(20)14(21)8-12/h4-11H,1-3H3. The van der Waals surface area contributed by atoms with Crippen LogP contribution in [0.3, 0.4) is 0 Å². The largest absolute Gasteiger partial charge is 0.474 e. The summed E-state index contributed by atoms with van der Waals surface area (Å²) in [5, 5.41) is 9.86. The zero-order chi connectivity index (χ0) is 20.5. The first-order valence-corrected chi connectivity index (χ1v) is 9.58. The van der Waals surface area contributed by atoms with E-state index in [2.05, 4.69) is 25.1 Å². The van der Waals surface area contributed by atoms with Crippen molar-refractivity contribution in [1.82, 2.24) is 34.5 Å². The highest BCUT2D eigenvalue weighted by Gasteiger charge is 2.18. The van der Waals surface area contributed by atoms with Gasteiger partial charge in [-0.2, -0.15) is 5.10 Å². The molecule has 10 heteroatoms. The predicted molar refractivity (Wildman–Crippen MR) is 110 cm³/mol. The Morgan fingerprint density at radius 2 is 1.79 bits per heavy atom. The van der Waals surface area contributed by atoms with Gasteiger partial charge < -0.3 is 4.74 Å². The molecule has 29 heavy (non-hydrogen) atoms. The number of nitrogens with zero attached hydrogens (tertiary/aromatic N) is 7. The number of aromatic nitrogens is 7. The van der Waals surface area contributed by atoms with Gasteiger partial charge in [0.1, 0.15) is 11.4 Å². The third kappa shape index (κ3) is 4.08. The van der Waals surface area contributed by atoms with Gasteiger partial charge in [-0.3, -0.25) is 4.68 Å². The molecule has 4 rings (SSSR count). The molecular weight excluding hydrogens is 413 g/mol. The van der Waals surface area contributed by atoms with E-state index in [0.29, 0.717) is 44.6 Å². The molecule has 0 unspecified atom stereocenters. The molecule has 0 saturated heterocycles. The first-order chi connectivity index (χ1) is 13.9. The molecular formula is C19H17Cl2N7O. The van der Waals surface area contributed by atoms with Gasteiger partial charge in [0.2, 0.25) is 11.7 Å².